The molecular weight excluding hydrogens is 308 g/mol. The summed E-state index contributed by atoms with van der Waals surface area (Å²) in [4.78, 5) is 17.9. The molecule has 2 heterocycles. The average molecular weight is 326 g/mol. The first-order valence-corrected chi connectivity index (χ1v) is 8.20. The highest BCUT2D eigenvalue weighted by atomic mass is 32.1. The quantitative estimate of drug-likeness (QED) is 0.644. The van der Waals surface area contributed by atoms with Gasteiger partial charge in [-0.3, -0.25) is 4.79 Å². The van der Waals surface area contributed by atoms with Crippen LogP contribution in [0, 0.1) is 0 Å². The Kier molecular flexibility index (Phi) is 5.97. The summed E-state index contributed by atoms with van der Waals surface area (Å²) >= 11 is 2.94. The van der Waals surface area contributed by atoms with Gasteiger partial charge in [0, 0.05) is 25.1 Å². The second kappa shape index (κ2) is 7.96. The maximum Gasteiger partial charge on any atom is 0.265 e. The van der Waals surface area contributed by atoms with Crippen molar-refractivity contribution in [2.75, 3.05) is 37.9 Å². The fraction of sp³-hybridized carbons (Fsp3) is 0.385. The number of nitrogen functional groups attached to an aromatic ring is 1. The van der Waals surface area contributed by atoms with Crippen LogP contribution in [-0.2, 0) is 11.2 Å². The van der Waals surface area contributed by atoms with E-state index in [9.17, 15) is 4.79 Å². The third-order valence-corrected chi connectivity index (χ3v) is 4.64. The molecule has 2 rings (SSSR count). The second-order valence-corrected chi connectivity index (χ2v) is 6.27. The predicted molar refractivity (Wildman–Crippen MR) is 87.2 cm³/mol. The molecule has 2 aromatic rings. The molecule has 8 heteroatoms. The third-order valence-electron chi connectivity index (χ3n) is 2.68. The van der Waals surface area contributed by atoms with Crippen molar-refractivity contribution in [3.05, 3.63) is 27.3 Å². The monoisotopic (exact) mass is 326 g/mol. The molecule has 0 aliphatic heterocycles. The molecule has 0 atom stereocenters. The zero-order valence-electron chi connectivity index (χ0n) is 11.7. The van der Waals surface area contributed by atoms with E-state index in [1.165, 1.54) is 16.2 Å². The number of thiophene rings is 1. The van der Waals surface area contributed by atoms with Crippen LogP contribution in [0.2, 0.25) is 0 Å². The number of amides is 1. The maximum atomic E-state index is 12.1. The highest BCUT2D eigenvalue weighted by Gasteiger charge is 2.15. The minimum Gasteiger partial charge on any atom is -0.383 e. The number of carbonyl (C=O) groups is 1. The normalized spacial score (nSPS) is 10.5. The first-order valence-electron chi connectivity index (χ1n) is 6.50. The van der Waals surface area contributed by atoms with Gasteiger partial charge in [0.2, 0.25) is 0 Å². The average Bonchev–Trinajstić information content (AvgIpc) is 3.09. The molecule has 1 amide bonds. The Morgan fingerprint density at radius 3 is 3.05 bits per heavy atom. The van der Waals surface area contributed by atoms with Crippen LogP contribution in [0.3, 0.4) is 0 Å². The van der Waals surface area contributed by atoms with Gasteiger partial charge in [-0.05, 0) is 17.9 Å². The van der Waals surface area contributed by atoms with Crippen molar-refractivity contribution in [2.45, 2.75) is 6.42 Å². The summed E-state index contributed by atoms with van der Waals surface area (Å²) in [6.45, 7) is 1.79. The summed E-state index contributed by atoms with van der Waals surface area (Å²) in [6.07, 6.45) is 0.820. The fourth-order valence-corrected chi connectivity index (χ4v) is 3.20. The van der Waals surface area contributed by atoms with Gasteiger partial charge in [0.1, 0.15) is 10.7 Å². The lowest BCUT2D eigenvalue weighted by Crippen LogP contribution is -2.25. The summed E-state index contributed by atoms with van der Waals surface area (Å²) in [5.74, 6) is 0.0786. The lowest BCUT2D eigenvalue weighted by Gasteiger charge is -2.02. The van der Waals surface area contributed by atoms with Crippen molar-refractivity contribution in [3.8, 4) is 0 Å². The van der Waals surface area contributed by atoms with Crippen LogP contribution >= 0.6 is 22.7 Å². The van der Waals surface area contributed by atoms with Crippen molar-refractivity contribution in [1.29, 1.82) is 0 Å². The van der Waals surface area contributed by atoms with Crippen molar-refractivity contribution >= 4 is 39.5 Å². The van der Waals surface area contributed by atoms with E-state index in [1.807, 2.05) is 11.4 Å². The summed E-state index contributed by atoms with van der Waals surface area (Å²) in [7, 11) is 1.63. The summed E-state index contributed by atoms with van der Waals surface area (Å²) < 4.78 is 4.94. The molecule has 0 radical (unpaired) electrons. The van der Waals surface area contributed by atoms with Gasteiger partial charge in [0.25, 0.3) is 5.91 Å². The van der Waals surface area contributed by atoms with E-state index in [0.29, 0.717) is 29.7 Å². The highest BCUT2D eigenvalue weighted by Crippen LogP contribution is 2.24. The molecule has 0 bridgehead atoms. The predicted octanol–water partition coefficient (Wildman–Crippen LogP) is 1.82. The van der Waals surface area contributed by atoms with Crippen molar-refractivity contribution in [2.24, 2.45) is 0 Å². The van der Waals surface area contributed by atoms with Crippen LogP contribution in [0.5, 0.6) is 0 Å². The smallest absolute Gasteiger partial charge is 0.265 e. The van der Waals surface area contributed by atoms with E-state index in [1.54, 1.807) is 18.4 Å². The topological polar surface area (TPSA) is 89.3 Å². The summed E-state index contributed by atoms with van der Waals surface area (Å²) in [6, 6.07) is 4.05. The van der Waals surface area contributed by atoms with Gasteiger partial charge in [-0.25, -0.2) is 4.98 Å². The number of hydrogen-bond acceptors (Lipinski definition) is 7. The lowest BCUT2D eigenvalue weighted by atomic mass is 10.3. The standard InChI is InChI=1S/C13H18N4O2S2/c1-19-7-6-16-13-17-11(14)10(21-13)12(18)15-5-4-9-3-2-8-20-9/h2-3,8H,4-7,14H2,1H3,(H,15,18)(H,16,17). The van der Waals surface area contributed by atoms with E-state index in [-0.39, 0.29) is 11.7 Å². The molecule has 0 saturated heterocycles. The molecule has 0 aromatic carbocycles. The minimum absolute atomic E-state index is 0.179. The number of aromatic nitrogens is 1. The molecular formula is C13H18N4O2S2. The minimum atomic E-state index is -0.179. The van der Waals surface area contributed by atoms with Gasteiger partial charge < -0.3 is 21.1 Å². The number of methoxy groups -OCH3 is 1. The van der Waals surface area contributed by atoms with E-state index >= 15 is 0 Å². The number of anilines is 2. The van der Waals surface area contributed by atoms with Crippen LogP contribution in [0.1, 0.15) is 14.5 Å². The molecule has 0 unspecified atom stereocenters. The van der Waals surface area contributed by atoms with Gasteiger partial charge in [0.05, 0.1) is 6.61 Å². The Balaban J connectivity index is 1.83. The summed E-state index contributed by atoms with van der Waals surface area (Å²) in [5, 5.41) is 8.59. The molecule has 21 heavy (non-hydrogen) atoms. The van der Waals surface area contributed by atoms with Crippen LogP contribution in [0.4, 0.5) is 10.9 Å². The number of nitrogens with one attached hydrogen (secondary N) is 2. The van der Waals surface area contributed by atoms with Crippen molar-refractivity contribution < 1.29 is 9.53 Å². The fourth-order valence-electron chi connectivity index (χ4n) is 1.66. The van der Waals surface area contributed by atoms with Gasteiger partial charge in [-0.1, -0.05) is 17.4 Å². The molecule has 0 aliphatic rings. The van der Waals surface area contributed by atoms with Crippen LogP contribution < -0.4 is 16.4 Å². The van der Waals surface area contributed by atoms with Crippen molar-refractivity contribution in [1.82, 2.24) is 10.3 Å². The number of hydrogen-bond donors (Lipinski definition) is 3. The first kappa shape index (κ1) is 15.7. The number of ether oxygens (including phenoxy) is 1. The number of nitrogens with zero attached hydrogens (tertiary/aromatic N) is 1. The molecule has 0 aliphatic carbocycles. The zero-order valence-corrected chi connectivity index (χ0v) is 13.4. The molecule has 0 spiro atoms. The third kappa shape index (κ3) is 4.69. The van der Waals surface area contributed by atoms with Gasteiger partial charge >= 0.3 is 0 Å². The zero-order chi connectivity index (χ0) is 15.1. The molecule has 2 aromatic heterocycles. The molecule has 0 fully saturated rings. The number of nitrogens with two attached hydrogens (primary N) is 1. The van der Waals surface area contributed by atoms with E-state index in [4.69, 9.17) is 10.5 Å². The van der Waals surface area contributed by atoms with Crippen molar-refractivity contribution in [3.63, 3.8) is 0 Å². The van der Waals surface area contributed by atoms with Crippen LogP contribution in [0.25, 0.3) is 0 Å². The molecule has 4 N–H and O–H groups in total. The molecule has 6 nitrogen and oxygen atoms in total. The van der Waals surface area contributed by atoms with Gasteiger partial charge in [-0.2, -0.15) is 0 Å². The number of rotatable bonds is 8. The number of thiazole rings is 1. The number of carbonyl (C=O) groups excluding carboxylic acids is 1. The highest BCUT2D eigenvalue weighted by molar-refractivity contribution is 7.18. The second-order valence-electron chi connectivity index (χ2n) is 4.24. The maximum absolute atomic E-state index is 12.1. The largest absolute Gasteiger partial charge is 0.383 e. The Morgan fingerprint density at radius 1 is 1.48 bits per heavy atom. The van der Waals surface area contributed by atoms with E-state index in [2.05, 4.69) is 21.7 Å². The molecule has 114 valence electrons. The Labute approximate surface area is 131 Å². The van der Waals surface area contributed by atoms with Crippen LogP contribution in [-0.4, -0.2) is 37.7 Å². The Morgan fingerprint density at radius 2 is 2.33 bits per heavy atom. The van der Waals surface area contributed by atoms with E-state index in [0.717, 1.165) is 6.42 Å². The lowest BCUT2D eigenvalue weighted by molar-refractivity contribution is 0.0959. The Hall–Kier alpha value is -1.64. The molecule has 0 saturated carbocycles. The van der Waals surface area contributed by atoms with E-state index < -0.39 is 0 Å². The Bertz CT molecular complexity index is 569. The SMILES string of the molecule is COCCNc1nc(N)c(C(=O)NCCc2cccs2)s1. The van der Waals surface area contributed by atoms with Gasteiger partial charge in [0.15, 0.2) is 5.13 Å². The van der Waals surface area contributed by atoms with Gasteiger partial charge in [-0.15, -0.1) is 11.3 Å². The van der Waals surface area contributed by atoms with Crippen LogP contribution in [0.15, 0.2) is 17.5 Å². The summed E-state index contributed by atoms with van der Waals surface area (Å²) in [5.41, 5.74) is 5.78. The first-order chi connectivity index (χ1) is 10.2.